The van der Waals surface area contributed by atoms with Gasteiger partial charge in [0.05, 0.1) is 6.54 Å². The fourth-order valence-corrected chi connectivity index (χ4v) is 7.99. The van der Waals surface area contributed by atoms with Crippen molar-refractivity contribution < 1.29 is 52.7 Å². The van der Waals surface area contributed by atoms with Crippen LogP contribution in [0.1, 0.15) is 126 Å². The van der Waals surface area contributed by atoms with Crippen LogP contribution < -0.4 is 82.3 Å². The molecule has 1 aliphatic heterocycles. The molecule has 0 aromatic carbocycles. The molecule has 1 heterocycles. The van der Waals surface area contributed by atoms with E-state index in [1.165, 1.54) is 32.6 Å². The van der Waals surface area contributed by atoms with Crippen LogP contribution in [0.2, 0.25) is 0 Å². The maximum absolute atomic E-state index is 13.9. The van der Waals surface area contributed by atoms with Crippen LogP contribution in [-0.2, 0) is 52.7 Å². The minimum absolute atomic E-state index is 0.0181. The molecule has 0 aromatic heterocycles. The standard InChI is InChI=1S/C48H88N18O11/c1-25(2)22-34(38(50)69)64-46(77)36-17-13-21-66(36)37(68)24-57-42(73)31(14-9-10-18-49)62-40(71)28(6)58-39(70)27(5)60-45(76)35(23-26(3)4)65-44(75)33(16-12-20-56-48(53)54)63-41(72)29(7)59-43(74)32(61-30(8)67)15-11-19-55-47(51)52/h25-29,31-36H,9-24,49H2,1-8H3,(H2,50,69)(H,57,73)(H,58,70)(H,59,74)(H,60,76)(H,61,67)(H,62,71)(H,63,72)(H,64,77)(H,65,75)(H4,51,52,55)(H4,53,54,56)/t27-,28-,29-,31-,32-,33-,34-,35-,36-/m0/s1. The average molecular weight is 1090 g/mol. The van der Waals surface area contributed by atoms with E-state index < -0.39 is 126 Å². The lowest BCUT2D eigenvalue weighted by molar-refractivity contribution is -0.140. The van der Waals surface area contributed by atoms with Crippen LogP contribution in [0, 0.1) is 11.8 Å². The second-order valence-corrected chi connectivity index (χ2v) is 20.0. The number of amides is 11. The van der Waals surface area contributed by atoms with Crippen molar-refractivity contribution in [1.82, 2.24) is 52.8 Å². The molecule has 1 saturated heterocycles. The van der Waals surface area contributed by atoms with Crippen molar-refractivity contribution in [2.75, 3.05) is 32.7 Å². The third-order valence-electron chi connectivity index (χ3n) is 12.1. The monoisotopic (exact) mass is 1090 g/mol. The van der Waals surface area contributed by atoms with Crippen LogP contribution in [0.3, 0.4) is 0 Å². The van der Waals surface area contributed by atoms with Gasteiger partial charge in [0, 0.05) is 26.6 Å². The Labute approximate surface area is 450 Å². The molecule has 0 spiro atoms. The lowest BCUT2D eigenvalue weighted by Gasteiger charge is -2.27. The molecule has 0 radical (unpaired) electrons. The summed E-state index contributed by atoms with van der Waals surface area (Å²) < 4.78 is 0. The number of nitrogens with zero attached hydrogens (tertiary/aromatic N) is 3. The zero-order chi connectivity index (χ0) is 58.5. The Morgan fingerprint density at radius 3 is 1.39 bits per heavy atom. The molecular formula is C48H88N18O11. The number of likely N-dealkylation sites (tertiary alicyclic amines) is 1. The van der Waals surface area contributed by atoms with Crippen molar-refractivity contribution in [2.24, 2.45) is 56.2 Å². The number of guanidine groups is 2. The molecule has 0 saturated carbocycles. The summed E-state index contributed by atoms with van der Waals surface area (Å²) in [6.07, 6.45) is 2.93. The number of carbonyl (C=O) groups excluding carboxylic acids is 11. The van der Waals surface area contributed by atoms with Gasteiger partial charge in [0.15, 0.2) is 11.9 Å². The number of carbonyl (C=O) groups is 11. The predicted molar refractivity (Wildman–Crippen MR) is 287 cm³/mol. The molecule has 436 valence electrons. The number of rotatable bonds is 35. The van der Waals surface area contributed by atoms with Gasteiger partial charge >= 0.3 is 0 Å². The Morgan fingerprint density at radius 1 is 0.506 bits per heavy atom. The van der Waals surface area contributed by atoms with Crippen molar-refractivity contribution in [3.05, 3.63) is 0 Å². The zero-order valence-electron chi connectivity index (χ0n) is 46.0. The summed E-state index contributed by atoms with van der Waals surface area (Å²) in [6.45, 7) is 12.9. The van der Waals surface area contributed by atoms with Gasteiger partial charge in [-0.25, -0.2) is 0 Å². The van der Waals surface area contributed by atoms with E-state index in [2.05, 4.69) is 57.8 Å². The van der Waals surface area contributed by atoms with Gasteiger partial charge in [-0.3, -0.25) is 62.7 Å². The molecule has 11 amide bonds. The molecule has 0 bridgehead atoms. The average Bonchev–Trinajstić information content (AvgIpc) is 3.84. The second-order valence-electron chi connectivity index (χ2n) is 20.0. The van der Waals surface area contributed by atoms with E-state index in [9.17, 15) is 52.7 Å². The van der Waals surface area contributed by atoms with E-state index in [-0.39, 0.29) is 75.5 Å². The Morgan fingerprint density at radius 2 is 0.922 bits per heavy atom. The number of primary amides is 1. The highest BCUT2D eigenvalue weighted by atomic mass is 16.2. The van der Waals surface area contributed by atoms with Gasteiger partial charge in [-0.1, -0.05) is 27.7 Å². The van der Waals surface area contributed by atoms with Gasteiger partial charge < -0.3 is 87.2 Å². The van der Waals surface area contributed by atoms with Crippen molar-refractivity contribution >= 4 is 76.9 Å². The summed E-state index contributed by atoms with van der Waals surface area (Å²) in [5.41, 5.74) is 32.8. The lowest BCUT2D eigenvalue weighted by atomic mass is 10.0. The van der Waals surface area contributed by atoms with E-state index in [1.807, 2.05) is 13.8 Å². The van der Waals surface area contributed by atoms with Crippen molar-refractivity contribution in [2.45, 2.75) is 180 Å². The Hall–Kier alpha value is -7.33. The van der Waals surface area contributed by atoms with E-state index >= 15 is 0 Å². The number of hydrogen-bond donors (Lipinski definition) is 15. The molecule has 0 aromatic rings. The summed E-state index contributed by atoms with van der Waals surface area (Å²) in [5, 5.41) is 23.2. The van der Waals surface area contributed by atoms with Gasteiger partial charge in [-0.05, 0) is 110 Å². The van der Waals surface area contributed by atoms with Crippen molar-refractivity contribution in [3.63, 3.8) is 0 Å². The topological polar surface area (TPSA) is 480 Å². The lowest BCUT2D eigenvalue weighted by Crippen LogP contribution is -2.59. The van der Waals surface area contributed by atoms with Crippen LogP contribution in [-0.4, -0.2) is 169 Å². The van der Waals surface area contributed by atoms with Crippen LogP contribution in [0.15, 0.2) is 9.98 Å². The smallest absolute Gasteiger partial charge is 0.243 e. The van der Waals surface area contributed by atoms with Gasteiger partial charge in [0.25, 0.3) is 0 Å². The van der Waals surface area contributed by atoms with Crippen molar-refractivity contribution in [1.29, 1.82) is 0 Å². The third kappa shape index (κ3) is 26.8. The molecule has 9 atom stereocenters. The Bertz CT molecular complexity index is 2080. The van der Waals surface area contributed by atoms with Crippen LogP contribution in [0.5, 0.6) is 0 Å². The minimum Gasteiger partial charge on any atom is -0.370 e. The van der Waals surface area contributed by atoms with Crippen LogP contribution in [0.4, 0.5) is 0 Å². The molecule has 1 rings (SSSR count). The number of unbranched alkanes of at least 4 members (excludes halogenated alkanes) is 1. The summed E-state index contributed by atoms with van der Waals surface area (Å²) in [6, 6.07) is -10.2. The largest absolute Gasteiger partial charge is 0.370 e. The second kappa shape index (κ2) is 35.1. The number of aliphatic imine (C=N–C) groups is 2. The SMILES string of the molecule is CC(=O)N[C@@H](CCCN=C(N)N)C(=O)N[C@@H](C)C(=O)N[C@@H](CCCN=C(N)N)C(=O)N[C@@H](CC(C)C)C(=O)N[C@@H](C)C(=O)N[C@@H](C)C(=O)N[C@@H](CCCCN)C(=O)NCC(=O)N1CCC[C@H]1C(=O)N[C@@H](CC(C)C)C(N)=O. The van der Waals surface area contributed by atoms with E-state index in [0.717, 1.165) is 0 Å². The van der Waals surface area contributed by atoms with Gasteiger partial charge in [0.2, 0.25) is 65.0 Å². The van der Waals surface area contributed by atoms with Gasteiger partial charge in [-0.15, -0.1) is 0 Å². The molecule has 77 heavy (non-hydrogen) atoms. The first-order valence-electron chi connectivity index (χ1n) is 26.1. The number of nitrogens with one attached hydrogen (secondary N) is 9. The fraction of sp³-hybridized carbons (Fsp3) is 0.729. The van der Waals surface area contributed by atoms with Crippen LogP contribution >= 0.6 is 0 Å². The molecule has 29 heteroatoms. The third-order valence-corrected chi connectivity index (χ3v) is 12.1. The van der Waals surface area contributed by atoms with E-state index in [4.69, 9.17) is 34.4 Å². The highest BCUT2D eigenvalue weighted by Crippen LogP contribution is 2.18. The van der Waals surface area contributed by atoms with E-state index in [1.54, 1.807) is 13.8 Å². The molecule has 1 aliphatic rings. The highest BCUT2D eigenvalue weighted by molar-refractivity contribution is 5.98. The maximum Gasteiger partial charge on any atom is 0.243 e. The quantitative estimate of drug-likeness (QED) is 0.0160. The molecule has 29 nitrogen and oxygen atoms in total. The fourth-order valence-electron chi connectivity index (χ4n) is 7.99. The molecule has 1 fully saturated rings. The van der Waals surface area contributed by atoms with Crippen LogP contribution in [0.25, 0.3) is 0 Å². The van der Waals surface area contributed by atoms with Crippen molar-refractivity contribution in [3.8, 4) is 0 Å². The first kappa shape index (κ1) is 67.7. The Balaban J connectivity index is 3.09. The summed E-state index contributed by atoms with van der Waals surface area (Å²) in [5.74, 6) is -8.02. The van der Waals surface area contributed by atoms with E-state index in [0.29, 0.717) is 45.1 Å². The van der Waals surface area contributed by atoms with Gasteiger partial charge in [-0.2, -0.15) is 0 Å². The molecule has 0 unspecified atom stereocenters. The molecule has 0 aliphatic carbocycles. The maximum atomic E-state index is 13.9. The normalized spacial score (nSPS) is 16.1. The highest BCUT2D eigenvalue weighted by Gasteiger charge is 2.37. The summed E-state index contributed by atoms with van der Waals surface area (Å²) in [4.78, 5) is 154. The summed E-state index contributed by atoms with van der Waals surface area (Å²) in [7, 11) is 0. The first-order valence-corrected chi connectivity index (χ1v) is 26.1. The molecular weight excluding hydrogens is 1000 g/mol. The molecule has 21 N–H and O–H groups in total. The zero-order valence-corrected chi connectivity index (χ0v) is 46.0. The predicted octanol–water partition coefficient (Wildman–Crippen LogP) is -5.13. The number of hydrogen-bond acceptors (Lipinski definition) is 14. The first-order chi connectivity index (χ1) is 36.1. The van der Waals surface area contributed by atoms with Gasteiger partial charge in [0.1, 0.15) is 54.4 Å². The number of nitrogens with two attached hydrogens (primary N) is 6. The minimum atomic E-state index is -1.28. The Kier molecular flexibility index (Phi) is 30.8. The summed E-state index contributed by atoms with van der Waals surface area (Å²) >= 11 is 0.